The molecule has 1 heterocycles. The van der Waals surface area contributed by atoms with E-state index >= 15 is 0 Å². The Hall–Kier alpha value is -1.79. The summed E-state index contributed by atoms with van der Waals surface area (Å²) < 4.78 is 0. The maximum Gasteiger partial charge on any atom is 0.264 e. The third-order valence-electron chi connectivity index (χ3n) is 2.04. The van der Waals surface area contributed by atoms with Gasteiger partial charge >= 0.3 is 0 Å². The molecule has 1 aromatic rings. The van der Waals surface area contributed by atoms with Crippen LogP contribution in [0.5, 0.6) is 0 Å². The Morgan fingerprint density at radius 1 is 1.39 bits per heavy atom. The first-order chi connectivity index (χ1) is 8.54. The Labute approximate surface area is 112 Å². The topological polar surface area (TPSA) is 82.1 Å². The molecule has 1 saturated heterocycles. The molecule has 0 atom stereocenters. The highest BCUT2D eigenvalue weighted by Gasteiger charge is 2.23. The van der Waals surface area contributed by atoms with Crippen molar-refractivity contribution in [3.8, 4) is 0 Å². The lowest BCUT2D eigenvalue weighted by Crippen LogP contribution is -2.19. The van der Waals surface area contributed by atoms with Crippen LogP contribution in [-0.4, -0.2) is 17.0 Å². The molecule has 2 rings (SSSR count). The van der Waals surface area contributed by atoms with E-state index in [1.54, 1.807) is 24.3 Å². The summed E-state index contributed by atoms with van der Waals surface area (Å²) in [5.41, 5.74) is 0.583. The second-order valence-electron chi connectivity index (χ2n) is 3.39. The molecule has 0 bridgehead atoms. The average molecular weight is 282 g/mol. The van der Waals surface area contributed by atoms with Crippen molar-refractivity contribution < 1.29 is 9.59 Å². The van der Waals surface area contributed by atoms with Crippen molar-refractivity contribution in [3.05, 3.63) is 40.3 Å². The summed E-state index contributed by atoms with van der Waals surface area (Å²) in [6.45, 7) is 0. The van der Waals surface area contributed by atoms with Gasteiger partial charge in [-0.2, -0.15) is 0 Å². The number of thioether (sulfide) groups is 1. The first-order valence-corrected chi connectivity index (χ1v) is 6.10. The lowest BCUT2D eigenvalue weighted by Gasteiger charge is -2.01. The molecule has 0 unspecified atom stereocenters. The van der Waals surface area contributed by atoms with Gasteiger partial charge < -0.3 is 10.6 Å². The summed E-state index contributed by atoms with van der Waals surface area (Å²) in [5, 5.41) is 12.7. The van der Waals surface area contributed by atoms with Gasteiger partial charge in [0.05, 0.1) is 4.91 Å². The maximum atomic E-state index is 11.6. The van der Waals surface area contributed by atoms with E-state index in [0.29, 0.717) is 10.7 Å². The second kappa shape index (κ2) is 5.24. The molecule has 1 aromatic carbocycles. The van der Waals surface area contributed by atoms with Crippen molar-refractivity contribution in [2.75, 3.05) is 5.32 Å². The van der Waals surface area contributed by atoms with E-state index in [1.165, 1.54) is 0 Å². The van der Waals surface area contributed by atoms with Crippen molar-refractivity contribution in [3.63, 3.8) is 0 Å². The number of nitrogens with one attached hydrogen (secondary N) is 3. The number of halogens is 1. The van der Waals surface area contributed by atoms with Crippen LogP contribution in [0.2, 0.25) is 5.02 Å². The quantitative estimate of drug-likeness (QED) is 0.725. The Morgan fingerprint density at radius 3 is 2.61 bits per heavy atom. The molecule has 0 aliphatic carbocycles. The first-order valence-electron chi connectivity index (χ1n) is 4.90. The molecule has 1 fully saturated rings. The molecular formula is C11H8ClN3O2S. The van der Waals surface area contributed by atoms with E-state index in [0.717, 1.165) is 17.8 Å². The predicted octanol–water partition coefficient (Wildman–Crippen LogP) is 1.96. The van der Waals surface area contributed by atoms with Crippen LogP contribution in [-0.2, 0) is 9.59 Å². The van der Waals surface area contributed by atoms with Gasteiger partial charge in [0.25, 0.3) is 5.91 Å². The fourth-order valence-electron chi connectivity index (χ4n) is 1.27. The average Bonchev–Trinajstić information content (AvgIpc) is 2.61. The molecule has 0 radical (unpaired) electrons. The van der Waals surface area contributed by atoms with Gasteiger partial charge in [0.1, 0.15) is 0 Å². The number of benzene rings is 1. The fraction of sp³-hybridized carbons (Fsp3) is 0. The van der Waals surface area contributed by atoms with Crippen molar-refractivity contribution in [2.45, 2.75) is 0 Å². The minimum atomic E-state index is -0.434. The Balaban J connectivity index is 2.05. The van der Waals surface area contributed by atoms with Crippen LogP contribution >= 0.6 is 23.4 Å². The molecule has 7 heteroatoms. The first kappa shape index (κ1) is 12.7. The number of hydrogen-bond acceptors (Lipinski definition) is 4. The van der Waals surface area contributed by atoms with Crippen LogP contribution in [0.3, 0.4) is 0 Å². The summed E-state index contributed by atoms with van der Waals surface area (Å²) >= 11 is 6.63. The standard InChI is InChI=1S/C11H8ClN3O2S/c12-6-1-3-7(4-2-6)14-9(16)5-8-10(17)15-11(13)18-8/h1-5H,(H,14,16)(H2,13,15,17). The van der Waals surface area contributed by atoms with E-state index in [2.05, 4.69) is 10.6 Å². The summed E-state index contributed by atoms with van der Waals surface area (Å²) in [7, 11) is 0. The third-order valence-corrected chi connectivity index (χ3v) is 3.12. The smallest absolute Gasteiger partial charge is 0.264 e. The van der Waals surface area contributed by atoms with Gasteiger partial charge in [0.2, 0.25) is 5.91 Å². The number of amidine groups is 1. The molecule has 0 saturated carbocycles. The molecule has 1 aliphatic heterocycles. The summed E-state index contributed by atoms with van der Waals surface area (Å²) in [6.07, 6.45) is 1.16. The van der Waals surface area contributed by atoms with E-state index in [1.807, 2.05) is 0 Å². The number of amides is 2. The molecule has 0 aromatic heterocycles. The van der Waals surface area contributed by atoms with Gasteiger partial charge in [0.15, 0.2) is 5.17 Å². The predicted molar refractivity (Wildman–Crippen MR) is 71.6 cm³/mol. The van der Waals surface area contributed by atoms with Crippen molar-refractivity contribution in [1.29, 1.82) is 5.41 Å². The maximum absolute atomic E-state index is 11.6. The van der Waals surface area contributed by atoms with Gasteiger partial charge in [-0.3, -0.25) is 15.0 Å². The lowest BCUT2D eigenvalue weighted by atomic mass is 10.3. The number of hydrogen-bond donors (Lipinski definition) is 3. The molecule has 92 valence electrons. The highest BCUT2D eigenvalue weighted by molar-refractivity contribution is 8.18. The monoisotopic (exact) mass is 281 g/mol. The van der Waals surface area contributed by atoms with Crippen molar-refractivity contribution >= 4 is 46.0 Å². The zero-order chi connectivity index (χ0) is 13.1. The molecule has 0 spiro atoms. The Morgan fingerprint density at radius 2 is 2.06 bits per heavy atom. The van der Waals surface area contributed by atoms with E-state index in [-0.39, 0.29) is 10.1 Å². The zero-order valence-corrected chi connectivity index (χ0v) is 10.6. The SMILES string of the molecule is N=C1NC(=O)C(=CC(=O)Nc2ccc(Cl)cc2)S1. The normalized spacial score (nSPS) is 16.8. The molecule has 2 amide bonds. The number of anilines is 1. The highest BCUT2D eigenvalue weighted by Crippen LogP contribution is 2.22. The van der Waals surface area contributed by atoms with Gasteiger partial charge in [0, 0.05) is 16.8 Å². The molecule has 18 heavy (non-hydrogen) atoms. The minimum Gasteiger partial charge on any atom is -0.322 e. The van der Waals surface area contributed by atoms with Crippen molar-refractivity contribution in [2.24, 2.45) is 0 Å². The van der Waals surface area contributed by atoms with Gasteiger partial charge in [-0.25, -0.2) is 0 Å². The summed E-state index contributed by atoms with van der Waals surface area (Å²) in [5.74, 6) is -0.860. The zero-order valence-electron chi connectivity index (χ0n) is 8.99. The number of rotatable bonds is 2. The Kier molecular flexibility index (Phi) is 3.69. The lowest BCUT2D eigenvalue weighted by molar-refractivity contribution is -0.116. The Bertz CT molecular complexity index is 554. The molecule has 3 N–H and O–H groups in total. The van der Waals surface area contributed by atoms with Crippen LogP contribution in [0.15, 0.2) is 35.2 Å². The summed E-state index contributed by atoms with van der Waals surface area (Å²) in [6, 6.07) is 6.61. The fourth-order valence-corrected chi connectivity index (χ4v) is 2.07. The van der Waals surface area contributed by atoms with Crippen LogP contribution in [0.4, 0.5) is 5.69 Å². The number of carbonyl (C=O) groups excluding carboxylic acids is 2. The highest BCUT2D eigenvalue weighted by atomic mass is 35.5. The van der Waals surface area contributed by atoms with Crippen LogP contribution < -0.4 is 10.6 Å². The molecule has 5 nitrogen and oxygen atoms in total. The van der Waals surface area contributed by atoms with Crippen LogP contribution in [0, 0.1) is 5.41 Å². The third kappa shape index (κ3) is 3.12. The number of carbonyl (C=O) groups is 2. The van der Waals surface area contributed by atoms with Gasteiger partial charge in [-0.15, -0.1) is 0 Å². The molecular weight excluding hydrogens is 274 g/mol. The van der Waals surface area contributed by atoms with Gasteiger partial charge in [-0.05, 0) is 36.0 Å². The van der Waals surface area contributed by atoms with Gasteiger partial charge in [-0.1, -0.05) is 11.6 Å². The minimum absolute atomic E-state index is 0.0190. The summed E-state index contributed by atoms with van der Waals surface area (Å²) in [4.78, 5) is 23.1. The van der Waals surface area contributed by atoms with E-state index < -0.39 is 11.8 Å². The largest absolute Gasteiger partial charge is 0.322 e. The van der Waals surface area contributed by atoms with Crippen LogP contribution in [0.25, 0.3) is 0 Å². The van der Waals surface area contributed by atoms with Crippen LogP contribution in [0.1, 0.15) is 0 Å². The van der Waals surface area contributed by atoms with E-state index in [9.17, 15) is 9.59 Å². The van der Waals surface area contributed by atoms with E-state index in [4.69, 9.17) is 17.0 Å². The second-order valence-corrected chi connectivity index (χ2v) is 4.88. The van der Waals surface area contributed by atoms with Crippen molar-refractivity contribution in [1.82, 2.24) is 5.32 Å². The molecule has 1 aliphatic rings.